The zero-order valence-electron chi connectivity index (χ0n) is 11.6. The normalized spacial score (nSPS) is 10.3. The Balaban J connectivity index is 1.98. The minimum absolute atomic E-state index is 0.0424. The first-order valence-corrected chi connectivity index (χ1v) is 7.40. The molecule has 0 saturated carbocycles. The second kappa shape index (κ2) is 6.48. The van der Waals surface area contributed by atoms with Crippen molar-refractivity contribution in [2.24, 2.45) is 0 Å². The summed E-state index contributed by atoms with van der Waals surface area (Å²) in [7, 11) is 0. The quantitative estimate of drug-likeness (QED) is 0.667. The number of nitrogens with one attached hydrogen (secondary N) is 1. The Bertz CT molecular complexity index is 605. The van der Waals surface area contributed by atoms with Gasteiger partial charge in [-0.2, -0.15) is 0 Å². The number of hydrogen-bond acceptors (Lipinski definition) is 3. The van der Waals surface area contributed by atoms with Crippen molar-refractivity contribution in [2.75, 3.05) is 16.8 Å². The molecule has 0 saturated heterocycles. The summed E-state index contributed by atoms with van der Waals surface area (Å²) in [5, 5.41) is 2.88. The van der Waals surface area contributed by atoms with Crippen LogP contribution >= 0.6 is 11.8 Å². The molecule has 0 unspecified atom stereocenters. The number of amides is 1. The summed E-state index contributed by atoms with van der Waals surface area (Å²) >= 11 is 1.53. The monoisotopic (exact) mass is 286 g/mol. The number of aryl methyl sites for hydroxylation is 2. The SMILES string of the molecule is Cc1ccccc1SCC(=O)Nc1c(C)cccc1N. The van der Waals surface area contributed by atoms with Crippen molar-refractivity contribution < 1.29 is 4.79 Å². The fraction of sp³-hybridized carbons (Fsp3) is 0.188. The fourth-order valence-corrected chi connectivity index (χ4v) is 2.73. The van der Waals surface area contributed by atoms with E-state index >= 15 is 0 Å². The van der Waals surface area contributed by atoms with Crippen LogP contribution in [-0.2, 0) is 4.79 Å². The maximum atomic E-state index is 12.0. The van der Waals surface area contributed by atoms with Crippen LogP contribution in [0.1, 0.15) is 11.1 Å². The largest absolute Gasteiger partial charge is 0.397 e. The molecule has 20 heavy (non-hydrogen) atoms. The minimum atomic E-state index is -0.0424. The van der Waals surface area contributed by atoms with Crippen LogP contribution in [0.5, 0.6) is 0 Å². The number of benzene rings is 2. The summed E-state index contributed by atoms with van der Waals surface area (Å²) in [5.74, 6) is 0.331. The molecule has 0 aliphatic carbocycles. The first-order chi connectivity index (χ1) is 9.58. The van der Waals surface area contributed by atoms with Crippen LogP contribution < -0.4 is 11.1 Å². The van der Waals surface area contributed by atoms with Gasteiger partial charge in [0.25, 0.3) is 0 Å². The summed E-state index contributed by atoms with van der Waals surface area (Å²) in [6.07, 6.45) is 0. The highest BCUT2D eigenvalue weighted by molar-refractivity contribution is 8.00. The number of nitrogen functional groups attached to an aromatic ring is 1. The molecule has 0 aliphatic rings. The van der Waals surface area contributed by atoms with Crippen LogP contribution in [0.4, 0.5) is 11.4 Å². The zero-order chi connectivity index (χ0) is 14.5. The van der Waals surface area contributed by atoms with E-state index in [1.165, 1.54) is 17.3 Å². The molecule has 0 atom stereocenters. The molecule has 3 N–H and O–H groups in total. The average Bonchev–Trinajstić information content (AvgIpc) is 2.42. The highest BCUT2D eigenvalue weighted by Crippen LogP contribution is 2.25. The lowest BCUT2D eigenvalue weighted by atomic mass is 10.1. The van der Waals surface area contributed by atoms with Gasteiger partial charge in [-0.1, -0.05) is 30.3 Å². The van der Waals surface area contributed by atoms with Crippen LogP contribution in [0, 0.1) is 13.8 Å². The van der Waals surface area contributed by atoms with Gasteiger partial charge in [-0.15, -0.1) is 11.8 Å². The molecule has 2 rings (SSSR count). The van der Waals surface area contributed by atoms with Gasteiger partial charge < -0.3 is 11.1 Å². The van der Waals surface area contributed by atoms with Crippen LogP contribution in [0.2, 0.25) is 0 Å². The van der Waals surface area contributed by atoms with E-state index in [0.29, 0.717) is 17.1 Å². The standard InChI is InChI=1S/C16H18N2OS/c1-11-6-3-4-9-14(11)20-10-15(19)18-16-12(2)7-5-8-13(16)17/h3-9H,10,17H2,1-2H3,(H,18,19). The molecule has 3 nitrogen and oxygen atoms in total. The van der Waals surface area contributed by atoms with Crippen molar-refractivity contribution in [3.8, 4) is 0 Å². The van der Waals surface area contributed by atoms with Crippen molar-refractivity contribution in [3.05, 3.63) is 53.6 Å². The molecule has 104 valence electrons. The number of carbonyl (C=O) groups excluding carboxylic acids is 1. The molecule has 0 spiro atoms. The van der Waals surface area contributed by atoms with E-state index in [4.69, 9.17) is 5.73 Å². The van der Waals surface area contributed by atoms with E-state index in [1.54, 1.807) is 6.07 Å². The van der Waals surface area contributed by atoms with Gasteiger partial charge in [-0.25, -0.2) is 0 Å². The highest BCUT2D eigenvalue weighted by atomic mass is 32.2. The molecular formula is C16H18N2OS. The smallest absolute Gasteiger partial charge is 0.234 e. The van der Waals surface area contributed by atoms with Crippen molar-refractivity contribution in [2.45, 2.75) is 18.7 Å². The number of para-hydroxylation sites is 1. The Morgan fingerprint density at radius 1 is 1.10 bits per heavy atom. The van der Waals surface area contributed by atoms with Crippen molar-refractivity contribution in [1.29, 1.82) is 0 Å². The van der Waals surface area contributed by atoms with Crippen molar-refractivity contribution in [1.82, 2.24) is 0 Å². The molecular weight excluding hydrogens is 268 g/mol. The van der Waals surface area contributed by atoms with Crippen LogP contribution in [-0.4, -0.2) is 11.7 Å². The summed E-state index contributed by atoms with van der Waals surface area (Å²) in [5.41, 5.74) is 9.34. The van der Waals surface area contributed by atoms with Gasteiger partial charge in [-0.3, -0.25) is 4.79 Å². The van der Waals surface area contributed by atoms with Gasteiger partial charge in [0, 0.05) is 4.90 Å². The van der Waals surface area contributed by atoms with Crippen molar-refractivity contribution in [3.63, 3.8) is 0 Å². The van der Waals surface area contributed by atoms with E-state index in [9.17, 15) is 4.79 Å². The molecule has 2 aromatic rings. The number of hydrogen-bond donors (Lipinski definition) is 2. The lowest BCUT2D eigenvalue weighted by Crippen LogP contribution is -2.16. The van der Waals surface area contributed by atoms with Gasteiger partial charge in [0.05, 0.1) is 17.1 Å². The predicted molar refractivity (Wildman–Crippen MR) is 86.1 cm³/mol. The molecule has 2 aromatic carbocycles. The van der Waals surface area contributed by atoms with Gasteiger partial charge in [0.1, 0.15) is 0 Å². The molecule has 0 radical (unpaired) electrons. The Morgan fingerprint density at radius 3 is 2.50 bits per heavy atom. The van der Waals surface area contributed by atoms with Gasteiger partial charge in [0.2, 0.25) is 5.91 Å². The molecule has 1 amide bonds. The van der Waals surface area contributed by atoms with E-state index < -0.39 is 0 Å². The third-order valence-corrected chi connectivity index (χ3v) is 4.20. The molecule has 4 heteroatoms. The second-order valence-electron chi connectivity index (χ2n) is 4.64. The molecule has 0 fully saturated rings. The molecule has 0 bridgehead atoms. The van der Waals surface area contributed by atoms with Gasteiger partial charge in [0.15, 0.2) is 0 Å². The second-order valence-corrected chi connectivity index (χ2v) is 5.66. The third-order valence-electron chi connectivity index (χ3n) is 3.02. The van der Waals surface area contributed by atoms with Crippen molar-refractivity contribution >= 4 is 29.0 Å². The Hall–Kier alpha value is -1.94. The highest BCUT2D eigenvalue weighted by Gasteiger charge is 2.08. The van der Waals surface area contributed by atoms with Crippen LogP contribution in [0.15, 0.2) is 47.4 Å². The summed E-state index contributed by atoms with van der Waals surface area (Å²) in [4.78, 5) is 13.1. The topological polar surface area (TPSA) is 55.1 Å². The van der Waals surface area contributed by atoms with E-state index in [-0.39, 0.29) is 5.91 Å². The van der Waals surface area contributed by atoms with E-state index in [1.807, 2.05) is 50.2 Å². The summed E-state index contributed by atoms with van der Waals surface area (Å²) < 4.78 is 0. The molecule has 0 aromatic heterocycles. The van der Waals surface area contributed by atoms with Gasteiger partial charge in [-0.05, 0) is 37.1 Å². The maximum absolute atomic E-state index is 12.0. The predicted octanol–water partition coefficient (Wildman–Crippen LogP) is 3.62. The minimum Gasteiger partial charge on any atom is -0.397 e. The number of rotatable bonds is 4. The van der Waals surface area contributed by atoms with Gasteiger partial charge >= 0.3 is 0 Å². The summed E-state index contributed by atoms with van der Waals surface area (Å²) in [6, 6.07) is 13.6. The number of anilines is 2. The Kier molecular flexibility index (Phi) is 4.69. The lowest BCUT2D eigenvalue weighted by molar-refractivity contribution is -0.113. The Morgan fingerprint density at radius 2 is 1.80 bits per heavy atom. The number of carbonyl (C=O) groups is 1. The fourth-order valence-electron chi connectivity index (χ4n) is 1.90. The van der Waals surface area contributed by atoms with Crippen LogP contribution in [0.25, 0.3) is 0 Å². The molecule has 0 heterocycles. The first-order valence-electron chi connectivity index (χ1n) is 6.41. The first kappa shape index (κ1) is 14.5. The van der Waals surface area contributed by atoms with Crippen LogP contribution in [0.3, 0.4) is 0 Å². The maximum Gasteiger partial charge on any atom is 0.234 e. The zero-order valence-corrected chi connectivity index (χ0v) is 12.5. The Labute approximate surface area is 123 Å². The molecule has 0 aliphatic heterocycles. The number of thioether (sulfide) groups is 1. The number of nitrogens with two attached hydrogens (primary N) is 1. The average molecular weight is 286 g/mol. The van der Waals surface area contributed by atoms with E-state index in [2.05, 4.69) is 5.32 Å². The summed E-state index contributed by atoms with van der Waals surface area (Å²) in [6.45, 7) is 3.97. The third kappa shape index (κ3) is 3.54. The lowest BCUT2D eigenvalue weighted by Gasteiger charge is -2.11. The van der Waals surface area contributed by atoms with E-state index in [0.717, 1.165) is 10.5 Å².